The van der Waals surface area contributed by atoms with Crippen molar-refractivity contribution in [2.45, 2.75) is 25.8 Å². The normalized spacial score (nSPS) is 16.9. The average molecular weight is 325 g/mol. The molecule has 1 aliphatic rings. The molecule has 3 aromatic rings. The number of likely N-dealkylation sites (tertiary alicyclic amines) is 1. The van der Waals surface area contributed by atoms with Crippen LogP contribution < -0.4 is 5.56 Å². The van der Waals surface area contributed by atoms with Crippen molar-refractivity contribution in [2.24, 2.45) is 0 Å². The number of aromatic amines is 2. The first-order chi connectivity index (χ1) is 11.6. The van der Waals surface area contributed by atoms with E-state index >= 15 is 0 Å². The first-order valence-electron chi connectivity index (χ1n) is 8.20. The number of H-pyrrole nitrogens is 2. The molecule has 3 N–H and O–H groups in total. The highest BCUT2D eigenvalue weighted by Gasteiger charge is 2.21. The second-order valence-corrected chi connectivity index (χ2v) is 6.44. The molecule has 124 valence electrons. The number of carbonyl (C=O) groups is 1. The molecule has 1 saturated heterocycles. The third kappa shape index (κ3) is 2.22. The largest absolute Gasteiger partial charge is 0.478 e. The Kier molecular flexibility index (Phi) is 3.42. The average Bonchev–Trinajstić information content (AvgIpc) is 3.24. The van der Waals surface area contributed by atoms with E-state index in [1.165, 1.54) is 19.0 Å². The van der Waals surface area contributed by atoms with Crippen LogP contribution in [0.3, 0.4) is 0 Å². The minimum Gasteiger partial charge on any atom is -0.478 e. The fraction of sp³-hybridized carbons (Fsp3) is 0.333. The summed E-state index contributed by atoms with van der Waals surface area (Å²) in [6.07, 6.45) is 3.82. The summed E-state index contributed by atoms with van der Waals surface area (Å²) in [6, 6.07) is 6.17. The maximum atomic E-state index is 12.2. The van der Waals surface area contributed by atoms with Gasteiger partial charge in [-0.1, -0.05) is 6.07 Å². The lowest BCUT2D eigenvalue weighted by molar-refractivity contribution is 0.0699. The number of hydrogen-bond acceptors (Lipinski definition) is 3. The van der Waals surface area contributed by atoms with Crippen LogP contribution in [0.5, 0.6) is 0 Å². The molecule has 3 heterocycles. The van der Waals surface area contributed by atoms with Crippen molar-refractivity contribution in [3.05, 3.63) is 45.9 Å². The van der Waals surface area contributed by atoms with Crippen molar-refractivity contribution in [3.8, 4) is 0 Å². The number of pyridine rings is 1. The summed E-state index contributed by atoms with van der Waals surface area (Å²) in [6.45, 7) is 4.35. The molecule has 1 atom stereocenters. The van der Waals surface area contributed by atoms with Gasteiger partial charge >= 0.3 is 5.97 Å². The molecule has 6 nitrogen and oxygen atoms in total. The lowest BCUT2D eigenvalue weighted by Gasteiger charge is -2.24. The number of fused-ring (bicyclic) bond motifs is 3. The molecular formula is C18H19N3O3. The monoisotopic (exact) mass is 325 g/mol. The number of carboxylic acid groups (broad SMARTS) is 1. The number of rotatable bonds is 3. The Labute approximate surface area is 138 Å². The zero-order valence-electron chi connectivity index (χ0n) is 13.4. The van der Waals surface area contributed by atoms with Crippen LogP contribution in [0.2, 0.25) is 0 Å². The maximum absolute atomic E-state index is 12.2. The van der Waals surface area contributed by atoms with E-state index in [0.717, 1.165) is 24.0 Å². The molecule has 6 heteroatoms. The molecule has 1 aromatic carbocycles. The van der Waals surface area contributed by atoms with Gasteiger partial charge in [-0.25, -0.2) is 4.79 Å². The smallest absolute Gasteiger partial charge is 0.337 e. The Hall–Kier alpha value is -2.60. The van der Waals surface area contributed by atoms with Gasteiger partial charge in [0.2, 0.25) is 0 Å². The van der Waals surface area contributed by atoms with E-state index < -0.39 is 5.97 Å². The second kappa shape index (κ2) is 5.49. The molecule has 0 saturated carbocycles. The summed E-state index contributed by atoms with van der Waals surface area (Å²) in [5, 5.41) is 10.7. The van der Waals surface area contributed by atoms with Crippen LogP contribution in [0.1, 0.15) is 41.7 Å². The van der Waals surface area contributed by atoms with Gasteiger partial charge in [-0.3, -0.25) is 9.69 Å². The molecule has 0 spiro atoms. The molecule has 0 amide bonds. The van der Waals surface area contributed by atoms with E-state index in [1.807, 2.05) is 18.2 Å². The number of aromatic nitrogens is 2. The van der Waals surface area contributed by atoms with E-state index in [2.05, 4.69) is 21.8 Å². The quantitative estimate of drug-likeness (QED) is 0.691. The molecule has 1 aliphatic heterocycles. The molecule has 2 aromatic heterocycles. The highest BCUT2D eigenvalue weighted by molar-refractivity contribution is 6.14. The van der Waals surface area contributed by atoms with E-state index in [9.17, 15) is 14.7 Å². The number of benzene rings is 1. The molecular weight excluding hydrogens is 306 g/mol. The molecule has 1 unspecified atom stereocenters. The Morgan fingerprint density at radius 2 is 2.04 bits per heavy atom. The number of nitrogens with one attached hydrogen (secondary N) is 2. The van der Waals surface area contributed by atoms with Crippen molar-refractivity contribution in [1.29, 1.82) is 0 Å². The number of hydrogen-bond donors (Lipinski definition) is 3. The van der Waals surface area contributed by atoms with Crippen LogP contribution in [0, 0.1) is 0 Å². The van der Waals surface area contributed by atoms with Crippen molar-refractivity contribution in [3.63, 3.8) is 0 Å². The number of carboxylic acids is 1. The van der Waals surface area contributed by atoms with Gasteiger partial charge in [0, 0.05) is 28.5 Å². The molecule has 0 aliphatic carbocycles. The first-order valence-corrected chi connectivity index (χ1v) is 8.20. The predicted octanol–water partition coefficient (Wildman–Crippen LogP) is 2.86. The Morgan fingerprint density at radius 1 is 1.29 bits per heavy atom. The minimum atomic E-state index is -1.04. The van der Waals surface area contributed by atoms with E-state index in [1.54, 1.807) is 0 Å². The van der Waals surface area contributed by atoms with Gasteiger partial charge in [-0.15, -0.1) is 0 Å². The maximum Gasteiger partial charge on any atom is 0.337 e. The highest BCUT2D eigenvalue weighted by Crippen LogP contribution is 2.30. The predicted molar refractivity (Wildman–Crippen MR) is 92.6 cm³/mol. The third-order valence-electron chi connectivity index (χ3n) is 5.07. The van der Waals surface area contributed by atoms with E-state index in [4.69, 9.17) is 0 Å². The summed E-state index contributed by atoms with van der Waals surface area (Å²) in [5.41, 5.74) is 1.94. The van der Waals surface area contributed by atoms with Gasteiger partial charge in [0.15, 0.2) is 0 Å². The summed E-state index contributed by atoms with van der Waals surface area (Å²) in [7, 11) is 0. The lowest BCUT2D eigenvalue weighted by Crippen LogP contribution is -2.23. The SMILES string of the molecule is CC(c1ccc2[nH]c(=O)c3[nH]cc(C(=O)O)c3c2c1)N1CCCC1. The fourth-order valence-corrected chi connectivity index (χ4v) is 3.71. The minimum absolute atomic E-state index is 0.132. The van der Waals surface area contributed by atoms with Gasteiger partial charge in [0.1, 0.15) is 5.52 Å². The zero-order valence-corrected chi connectivity index (χ0v) is 13.4. The van der Waals surface area contributed by atoms with Crippen LogP contribution in [0.25, 0.3) is 21.8 Å². The van der Waals surface area contributed by atoms with Crippen molar-refractivity contribution in [2.75, 3.05) is 13.1 Å². The summed E-state index contributed by atoms with van der Waals surface area (Å²) >= 11 is 0. The molecule has 0 radical (unpaired) electrons. The van der Waals surface area contributed by atoms with Gasteiger partial charge in [0.25, 0.3) is 5.56 Å². The molecule has 4 rings (SSSR count). The Bertz CT molecular complexity index is 996. The summed E-state index contributed by atoms with van der Waals surface area (Å²) in [4.78, 5) is 31.7. The summed E-state index contributed by atoms with van der Waals surface area (Å²) < 4.78 is 0. The topological polar surface area (TPSA) is 89.2 Å². The van der Waals surface area contributed by atoms with Gasteiger partial charge in [-0.05, 0) is 50.6 Å². The summed E-state index contributed by atoms with van der Waals surface area (Å²) in [5.74, 6) is -1.04. The first kappa shape index (κ1) is 15.0. The Balaban J connectivity index is 1.96. The van der Waals surface area contributed by atoms with Crippen LogP contribution in [-0.2, 0) is 0 Å². The van der Waals surface area contributed by atoms with Crippen molar-refractivity contribution in [1.82, 2.24) is 14.9 Å². The van der Waals surface area contributed by atoms with Crippen molar-refractivity contribution >= 4 is 27.8 Å². The Morgan fingerprint density at radius 3 is 2.75 bits per heavy atom. The van der Waals surface area contributed by atoms with Crippen LogP contribution in [-0.4, -0.2) is 39.0 Å². The van der Waals surface area contributed by atoms with Gasteiger partial charge in [-0.2, -0.15) is 0 Å². The third-order valence-corrected chi connectivity index (χ3v) is 5.07. The van der Waals surface area contributed by atoms with Gasteiger partial charge < -0.3 is 15.1 Å². The number of aromatic carboxylic acids is 1. The van der Waals surface area contributed by atoms with Crippen LogP contribution >= 0.6 is 0 Å². The van der Waals surface area contributed by atoms with E-state index in [-0.39, 0.29) is 17.2 Å². The second-order valence-electron chi connectivity index (χ2n) is 6.44. The standard InChI is InChI=1S/C18H19N3O3/c1-10(21-6-2-3-7-21)11-4-5-14-12(8-11)15-13(18(23)24)9-19-16(15)17(22)20-14/h4-5,8-10,19H,2-3,6-7H2,1H3,(H,20,22)(H,23,24). The zero-order chi connectivity index (χ0) is 16.8. The number of nitrogens with zero attached hydrogens (tertiary/aromatic N) is 1. The van der Waals surface area contributed by atoms with Crippen LogP contribution in [0.15, 0.2) is 29.2 Å². The van der Waals surface area contributed by atoms with Gasteiger partial charge in [0.05, 0.1) is 5.56 Å². The van der Waals surface area contributed by atoms with Crippen molar-refractivity contribution < 1.29 is 9.90 Å². The highest BCUT2D eigenvalue weighted by atomic mass is 16.4. The fourth-order valence-electron chi connectivity index (χ4n) is 3.71. The van der Waals surface area contributed by atoms with Crippen LogP contribution in [0.4, 0.5) is 0 Å². The molecule has 1 fully saturated rings. The van der Waals surface area contributed by atoms with E-state index in [0.29, 0.717) is 16.4 Å². The lowest BCUT2D eigenvalue weighted by atomic mass is 10.0. The molecule has 24 heavy (non-hydrogen) atoms. The molecule has 0 bridgehead atoms.